The molecule has 0 fully saturated rings. The number of carbonyl (C=O) groups is 1. The Hall–Kier alpha value is -1.87. The molecule has 1 N–H and O–H groups in total. The third-order valence-corrected chi connectivity index (χ3v) is 4.79. The average molecular weight is 431 g/mol. The Kier molecular flexibility index (Phi) is 4.16. The van der Waals surface area contributed by atoms with Crippen molar-refractivity contribution in [2.45, 2.75) is 6.54 Å². The van der Waals surface area contributed by atoms with Gasteiger partial charge in [-0.1, -0.05) is 0 Å². The molecule has 2 aromatic rings. The zero-order chi connectivity index (χ0) is 15.7. The largest absolute Gasteiger partial charge is 0.454 e. The normalized spacial score (nSPS) is 12.3. The third kappa shape index (κ3) is 3.00. The van der Waals surface area contributed by atoms with Crippen molar-refractivity contribution >= 4 is 43.5 Å². The summed E-state index contributed by atoms with van der Waals surface area (Å²) in [7, 11) is 0. The molecule has 114 valence electrons. The zero-order valence-corrected chi connectivity index (χ0v) is 14.2. The maximum atomic E-state index is 12.0. The van der Waals surface area contributed by atoms with Crippen molar-refractivity contribution in [3.8, 4) is 11.5 Å². The Labute approximate surface area is 141 Å². The van der Waals surface area contributed by atoms with Crippen LogP contribution in [0, 0.1) is 0 Å². The van der Waals surface area contributed by atoms with Crippen LogP contribution in [0.5, 0.6) is 11.5 Å². The van der Waals surface area contributed by atoms with Crippen molar-refractivity contribution in [2.24, 2.45) is 0 Å². The first kappa shape index (κ1) is 15.0. The highest BCUT2D eigenvalue weighted by atomic mass is 79.9. The van der Waals surface area contributed by atoms with E-state index in [1.54, 1.807) is 18.2 Å². The molecule has 0 spiro atoms. The molecule has 1 aromatic carbocycles. The van der Waals surface area contributed by atoms with E-state index in [1.807, 2.05) is 0 Å². The highest BCUT2D eigenvalue weighted by Crippen LogP contribution is 2.34. The van der Waals surface area contributed by atoms with Gasteiger partial charge in [0, 0.05) is 11.8 Å². The van der Waals surface area contributed by atoms with Gasteiger partial charge >= 0.3 is 0 Å². The average Bonchev–Trinajstić information content (AvgIpc) is 2.95. The van der Waals surface area contributed by atoms with Crippen LogP contribution < -0.4 is 20.3 Å². The summed E-state index contributed by atoms with van der Waals surface area (Å²) in [5.41, 5.74) is 0.161. The van der Waals surface area contributed by atoms with E-state index >= 15 is 0 Å². The van der Waals surface area contributed by atoms with Gasteiger partial charge in [0.25, 0.3) is 5.56 Å². The Morgan fingerprint density at radius 2 is 2.09 bits per heavy atom. The number of aromatic nitrogens is 2. The number of nitrogens with one attached hydrogen (secondary N) is 1. The lowest BCUT2D eigenvalue weighted by Gasteiger charge is -2.08. The van der Waals surface area contributed by atoms with Crippen LogP contribution in [0.4, 0.5) is 5.69 Å². The van der Waals surface area contributed by atoms with E-state index in [2.05, 4.69) is 42.3 Å². The number of hydrogen-bond donors (Lipinski definition) is 1. The van der Waals surface area contributed by atoms with E-state index in [-0.39, 0.29) is 19.2 Å². The number of rotatable bonds is 3. The summed E-state index contributed by atoms with van der Waals surface area (Å²) in [5.74, 6) is 0.829. The number of carbonyl (C=O) groups excluding carboxylic acids is 1. The summed E-state index contributed by atoms with van der Waals surface area (Å²) in [4.78, 5) is 24.0. The lowest BCUT2D eigenvalue weighted by molar-refractivity contribution is -0.117. The molecule has 1 aliphatic rings. The predicted molar refractivity (Wildman–Crippen MR) is 85.1 cm³/mol. The topological polar surface area (TPSA) is 82.5 Å². The van der Waals surface area contributed by atoms with E-state index in [0.29, 0.717) is 26.1 Å². The Balaban J connectivity index is 1.73. The van der Waals surface area contributed by atoms with Crippen LogP contribution in [0.15, 0.2) is 38.1 Å². The van der Waals surface area contributed by atoms with Gasteiger partial charge in [0.1, 0.15) is 11.0 Å². The van der Waals surface area contributed by atoms with Gasteiger partial charge in [0.2, 0.25) is 12.7 Å². The van der Waals surface area contributed by atoms with Crippen molar-refractivity contribution in [2.75, 3.05) is 12.1 Å². The highest BCUT2D eigenvalue weighted by Gasteiger charge is 2.15. The van der Waals surface area contributed by atoms with Crippen molar-refractivity contribution in [3.05, 3.63) is 43.7 Å². The molecule has 2 heterocycles. The van der Waals surface area contributed by atoms with Crippen molar-refractivity contribution in [1.82, 2.24) is 9.78 Å². The fourth-order valence-corrected chi connectivity index (χ4v) is 2.44. The molecule has 9 heteroatoms. The Morgan fingerprint density at radius 1 is 1.32 bits per heavy atom. The smallest absolute Gasteiger partial charge is 0.282 e. The summed E-state index contributed by atoms with van der Waals surface area (Å²) in [5, 5.41) is 6.58. The number of fused-ring (bicyclic) bond motifs is 1. The first-order valence-corrected chi connectivity index (χ1v) is 7.74. The van der Waals surface area contributed by atoms with Crippen molar-refractivity contribution in [1.29, 1.82) is 0 Å². The maximum absolute atomic E-state index is 12.0. The summed E-state index contributed by atoms with van der Waals surface area (Å²) >= 11 is 6.32. The molecular formula is C13H9Br2N3O4. The second-order valence-corrected chi connectivity index (χ2v) is 6.03. The van der Waals surface area contributed by atoms with E-state index in [4.69, 9.17) is 9.47 Å². The molecule has 22 heavy (non-hydrogen) atoms. The monoisotopic (exact) mass is 429 g/mol. The molecule has 0 atom stereocenters. The van der Waals surface area contributed by atoms with E-state index in [9.17, 15) is 9.59 Å². The van der Waals surface area contributed by atoms with Gasteiger partial charge in [0.15, 0.2) is 11.5 Å². The zero-order valence-electron chi connectivity index (χ0n) is 11.0. The number of nitrogens with zero attached hydrogens (tertiary/aromatic N) is 2. The first-order valence-electron chi connectivity index (χ1n) is 6.15. The Bertz CT molecular complexity index is 806. The maximum Gasteiger partial charge on any atom is 0.282 e. The number of ether oxygens (including phenoxy) is 2. The fourth-order valence-electron chi connectivity index (χ4n) is 1.87. The molecular weight excluding hydrogens is 422 g/mol. The van der Waals surface area contributed by atoms with Gasteiger partial charge in [0.05, 0.1) is 10.7 Å². The molecule has 1 aliphatic heterocycles. The van der Waals surface area contributed by atoms with Gasteiger partial charge in [-0.3, -0.25) is 9.59 Å². The van der Waals surface area contributed by atoms with Crippen molar-refractivity contribution in [3.63, 3.8) is 0 Å². The molecule has 0 saturated heterocycles. The second-order valence-electron chi connectivity index (χ2n) is 4.39. The lowest BCUT2D eigenvalue weighted by Crippen LogP contribution is -2.30. The minimum Gasteiger partial charge on any atom is -0.454 e. The van der Waals surface area contributed by atoms with Gasteiger partial charge in [-0.05, 0) is 44.0 Å². The summed E-state index contributed by atoms with van der Waals surface area (Å²) in [6.07, 6.45) is 1.44. The fraction of sp³-hybridized carbons (Fsp3) is 0.154. The van der Waals surface area contributed by atoms with Gasteiger partial charge in [-0.25, -0.2) is 4.68 Å². The van der Waals surface area contributed by atoms with Crippen LogP contribution in [0.25, 0.3) is 0 Å². The van der Waals surface area contributed by atoms with E-state index in [1.165, 1.54) is 6.20 Å². The molecule has 0 saturated carbocycles. The lowest BCUT2D eigenvalue weighted by atomic mass is 10.3. The molecule has 1 amide bonds. The minimum atomic E-state index is -0.393. The number of anilines is 1. The predicted octanol–water partition coefficient (Wildman–Crippen LogP) is 2.14. The van der Waals surface area contributed by atoms with E-state index in [0.717, 1.165) is 4.68 Å². The standard InChI is InChI=1S/C13H9Br2N3O4/c14-8-4-16-18(13(20)12(8)15)5-11(19)17-7-1-2-9-10(3-7)22-6-21-9/h1-4H,5-6H2,(H,17,19). The van der Waals surface area contributed by atoms with Crippen LogP contribution in [-0.2, 0) is 11.3 Å². The first-order chi connectivity index (χ1) is 10.5. The van der Waals surface area contributed by atoms with E-state index < -0.39 is 5.56 Å². The molecule has 0 unspecified atom stereocenters. The van der Waals surface area contributed by atoms with Gasteiger partial charge in [-0.15, -0.1) is 0 Å². The molecule has 0 radical (unpaired) electrons. The molecule has 0 bridgehead atoms. The summed E-state index contributed by atoms with van der Waals surface area (Å²) in [6.45, 7) is -0.0296. The van der Waals surface area contributed by atoms with Crippen LogP contribution in [0.3, 0.4) is 0 Å². The number of hydrogen-bond acceptors (Lipinski definition) is 5. The second kappa shape index (κ2) is 6.09. The quantitative estimate of drug-likeness (QED) is 0.806. The molecule has 1 aromatic heterocycles. The number of benzene rings is 1. The highest BCUT2D eigenvalue weighted by molar-refractivity contribution is 9.13. The van der Waals surface area contributed by atoms with Crippen molar-refractivity contribution < 1.29 is 14.3 Å². The summed E-state index contributed by atoms with van der Waals surface area (Å²) in [6, 6.07) is 5.06. The van der Waals surface area contributed by atoms with Crippen LogP contribution in [0.2, 0.25) is 0 Å². The minimum absolute atomic E-state index is 0.166. The Morgan fingerprint density at radius 3 is 2.91 bits per heavy atom. The van der Waals surface area contributed by atoms with Crippen LogP contribution >= 0.6 is 31.9 Å². The SMILES string of the molecule is O=C(Cn1ncc(Br)c(Br)c1=O)Nc1ccc2c(c1)OCO2. The van der Waals surface area contributed by atoms with Crippen LogP contribution in [-0.4, -0.2) is 22.5 Å². The molecule has 7 nitrogen and oxygen atoms in total. The van der Waals surface area contributed by atoms with Gasteiger partial charge in [-0.2, -0.15) is 5.10 Å². The van der Waals surface area contributed by atoms with Gasteiger partial charge < -0.3 is 14.8 Å². The number of amides is 1. The third-order valence-electron chi connectivity index (χ3n) is 2.89. The van der Waals surface area contributed by atoms with Crippen LogP contribution in [0.1, 0.15) is 0 Å². The molecule has 3 rings (SSSR count). The molecule has 0 aliphatic carbocycles. The number of halogens is 2. The summed E-state index contributed by atoms with van der Waals surface area (Å²) < 4.78 is 12.3.